The minimum absolute atomic E-state index is 0.139. The molecule has 0 spiro atoms. The lowest BCUT2D eigenvalue weighted by molar-refractivity contribution is 0.110. The third-order valence-electron chi connectivity index (χ3n) is 3.74. The first kappa shape index (κ1) is 14.5. The SMILES string of the molecule is CCCc1ccc(S(=O)(=O)NC2(CO)CCC2)cc1. The van der Waals surface area contributed by atoms with Crippen LogP contribution in [0.15, 0.2) is 29.2 Å². The fourth-order valence-corrected chi connectivity index (χ4v) is 3.81. The predicted octanol–water partition coefficient (Wildman–Crippen LogP) is 1.83. The first-order valence-corrected chi connectivity index (χ1v) is 8.23. The van der Waals surface area contributed by atoms with Gasteiger partial charge in [0.05, 0.1) is 17.0 Å². The standard InChI is InChI=1S/C14H21NO3S/c1-2-4-12-5-7-13(8-6-12)19(17,18)15-14(11-16)9-3-10-14/h5-8,15-16H,2-4,9-11H2,1H3. The summed E-state index contributed by atoms with van der Waals surface area (Å²) in [4.78, 5) is 0.270. The Morgan fingerprint density at radius 3 is 2.32 bits per heavy atom. The predicted molar refractivity (Wildman–Crippen MR) is 74.4 cm³/mol. The number of hydrogen-bond acceptors (Lipinski definition) is 3. The van der Waals surface area contributed by atoms with Crippen molar-refractivity contribution in [3.05, 3.63) is 29.8 Å². The summed E-state index contributed by atoms with van der Waals surface area (Å²) < 4.78 is 27.1. The number of aliphatic hydroxyl groups is 1. The molecule has 1 fully saturated rings. The van der Waals surface area contributed by atoms with Crippen molar-refractivity contribution >= 4 is 10.0 Å². The average molecular weight is 283 g/mol. The molecule has 1 aromatic carbocycles. The molecule has 0 amide bonds. The largest absolute Gasteiger partial charge is 0.394 e. The molecule has 19 heavy (non-hydrogen) atoms. The summed E-state index contributed by atoms with van der Waals surface area (Å²) in [6, 6.07) is 6.98. The lowest BCUT2D eigenvalue weighted by atomic mass is 9.78. The van der Waals surface area contributed by atoms with Gasteiger partial charge in [0.1, 0.15) is 0 Å². The molecule has 0 aromatic heterocycles. The minimum atomic E-state index is -3.53. The highest BCUT2D eigenvalue weighted by Gasteiger charge is 2.40. The molecule has 0 atom stereocenters. The van der Waals surface area contributed by atoms with Crippen molar-refractivity contribution in [3.8, 4) is 0 Å². The van der Waals surface area contributed by atoms with Gasteiger partial charge in [0.25, 0.3) is 0 Å². The minimum Gasteiger partial charge on any atom is -0.394 e. The molecule has 4 nitrogen and oxygen atoms in total. The van der Waals surface area contributed by atoms with Crippen LogP contribution >= 0.6 is 0 Å². The van der Waals surface area contributed by atoms with Crippen molar-refractivity contribution in [2.24, 2.45) is 0 Å². The number of aryl methyl sites for hydroxylation is 1. The van der Waals surface area contributed by atoms with Gasteiger partial charge in [-0.3, -0.25) is 0 Å². The van der Waals surface area contributed by atoms with Crippen LogP contribution in [-0.2, 0) is 16.4 Å². The van der Waals surface area contributed by atoms with Crippen molar-refractivity contribution in [2.75, 3.05) is 6.61 Å². The normalized spacial score (nSPS) is 18.0. The van der Waals surface area contributed by atoms with Gasteiger partial charge in [-0.05, 0) is 43.4 Å². The van der Waals surface area contributed by atoms with Gasteiger partial charge in [-0.15, -0.1) is 0 Å². The molecule has 5 heteroatoms. The van der Waals surface area contributed by atoms with E-state index in [1.54, 1.807) is 12.1 Å². The average Bonchev–Trinajstić information content (AvgIpc) is 2.35. The van der Waals surface area contributed by atoms with Gasteiger partial charge in [0.15, 0.2) is 0 Å². The van der Waals surface area contributed by atoms with Crippen molar-refractivity contribution in [2.45, 2.75) is 49.5 Å². The van der Waals surface area contributed by atoms with E-state index < -0.39 is 15.6 Å². The van der Waals surface area contributed by atoms with Crippen LogP contribution < -0.4 is 4.72 Å². The van der Waals surface area contributed by atoms with E-state index in [1.165, 1.54) is 0 Å². The van der Waals surface area contributed by atoms with E-state index in [1.807, 2.05) is 12.1 Å². The third-order valence-corrected chi connectivity index (χ3v) is 5.33. The van der Waals surface area contributed by atoms with Crippen LogP contribution in [0.4, 0.5) is 0 Å². The first-order chi connectivity index (χ1) is 9.01. The number of hydrogen-bond donors (Lipinski definition) is 2. The highest BCUT2D eigenvalue weighted by atomic mass is 32.2. The van der Waals surface area contributed by atoms with Crippen LogP contribution in [-0.4, -0.2) is 25.7 Å². The Bertz CT molecular complexity index is 513. The van der Waals surface area contributed by atoms with E-state index in [9.17, 15) is 13.5 Å². The number of rotatable bonds is 6. The van der Waals surface area contributed by atoms with Crippen molar-refractivity contribution in [1.82, 2.24) is 4.72 Å². The van der Waals surface area contributed by atoms with Crippen LogP contribution in [0, 0.1) is 0 Å². The molecule has 0 unspecified atom stereocenters. The Labute approximate surface area is 114 Å². The molecule has 0 heterocycles. The third kappa shape index (κ3) is 3.16. The molecular weight excluding hydrogens is 262 g/mol. The maximum absolute atomic E-state index is 12.2. The summed E-state index contributed by atoms with van der Waals surface area (Å²) >= 11 is 0. The molecule has 1 aliphatic rings. The van der Waals surface area contributed by atoms with Crippen LogP contribution in [0.3, 0.4) is 0 Å². The van der Waals surface area contributed by atoms with Crippen LogP contribution in [0.25, 0.3) is 0 Å². The van der Waals surface area contributed by atoms with Crippen molar-refractivity contribution < 1.29 is 13.5 Å². The molecule has 106 valence electrons. The Balaban J connectivity index is 2.15. The second-order valence-corrected chi connectivity index (χ2v) is 6.97. The summed E-state index contributed by atoms with van der Waals surface area (Å²) in [6.45, 7) is 1.95. The molecule has 1 aromatic rings. The van der Waals surface area contributed by atoms with E-state index in [-0.39, 0.29) is 11.5 Å². The highest BCUT2D eigenvalue weighted by molar-refractivity contribution is 7.89. The summed E-state index contributed by atoms with van der Waals surface area (Å²) in [5, 5.41) is 9.33. The fourth-order valence-electron chi connectivity index (χ4n) is 2.36. The zero-order chi connectivity index (χ0) is 13.9. The summed E-state index contributed by atoms with van der Waals surface area (Å²) in [7, 11) is -3.53. The van der Waals surface area contributed by atoms with Crippen molar-refractivity contribution in [3.63, 3.8) is 0 Å². The highest BCUT2D eigenvalue weighted by Crippen LogP contribution is 2.32. The summed E-state index contributed by atoms with van der Waals surface area (Å²) in [5.74, 6) is 0. The van der Waals surface area contributed by atoms with E-state index in [0.29, 0.717) is 12.8 Å². The Hall–Kier alpha value is -0.910. The smallest absolute Gasteiger partial charge is 0.241 e. The van der Waals surface area contributed by atoms with Gasteiger partial charge < -0.3 is 5.11 Å². The quantitative estimate of drug-likeness (QED) is 0.837. The zero-order valence-electron chi connectivity index (χ0n) is 11.2. The van der Waals surface area contributed by atoms with E-state index in [2.05, 4.69) is 11.6 Å². The van der Waals surface area contributed by atoms with E-state index >= 15 is 0 Å². The maximum atomic E-state index is 12.2. The molecule has 2 N–H and O–H groups in total. The lowest BCUT2D eigenvalue weighted by Gasteiger charge is -2.40. The van der Waals surface area contributed by atoms with Crippen LogP contribution in [0.5, 0.6) is 0 Å². The molecular formula is C14H21NO3S. The molecule has 0 saturated heterocycles. The Kier molecular flexibility index (Phi) is 4.28. The topological polar surface area (TPSA) is 66.4 Å². The summed E-state index contributed by atoms with van der Waals surface area (Å²) in [6.07, 6.45) is 4.36. The fraction of sp³-hybridized carbons (Fsp3) is 0.571. The van der Waals surface area contributed by atoms with E-state index in [4.69, 9.17) is 0 Å². The second kappa shape index (κ2) is 5.61. The van der Waals surface area contributed by atoms with Gasteiger partial charge in [-0.2, -0.15) is 0 Å². The van der Waals surface area contributed by atoms with Crippen LogP contribution in [0.2, 0.25) is 0 Å². The molecule has 0 bridgehead atoms. The van der Waals surface area contributed by atoms with E-state index in [0.717, 1.165) is 24.8 Å². The lowest BCUT2D eigenvalue weighted by Crippen LogP contribution is -2.55. The number of benzene rings is 1. The van der Waals surface area contributed by atoms with Gasteiger partial charge in [-0.1, -0.05) is 25.5 Å². The molecule has 1 saturated carbocycles. The Morgan fingerprint density at radius 2 is 1.89 bits per heavy atom. The monoisotopic (exact) mass is 283 g/mol. The number of aliphatic hydroxyl groups excluding tert-OH is 1. The maximum Gasteiger partial charge on any atom is 0.241 e. The van der Waals surface area contributed by atoms with Gasteiger partial charge in [0, 0.05) is 0 Å². The summed E-state index contributed by atoms with van der Waals surface area (Å²) in [5.41, 5.74) is 0.503. The number of sulfonamides is 1. The Morgan fingerprint density at radius 1 is 1.26 bits per heavy atom. The van der Waals surface area contributed by atoms with Crippen molar-refractivity contribution in [1.29, 1.82) is 0 Å². The second-order valence-electron chi connectivity index (χ2n) is 5.29. The van der Waals surface area contributed by atoms with Gasteiger partial charge in [-0.25, -0.2) is 13.1 Å². The zero-order valence-corrected chi connectivity index (χ0v) is 12.0. The molecule has 0 aliphatic heterocycles. The van der Waals surface area contributed by atoms with Crippen LogP contribution in [0.1, 0.15) is 38.2 Å². The molecule has 1 aliphatic carbocycles. The molecule has 2 rings (SSSR count). The number of nitrogens with one attached hydrogen (secondary N) is 1. The first-order valence-electron chi connectivity index (χ1n) is 6.75. The van der Waals surface area contributed by atoms with Gasteiger partial charge >= 0.3 is 0 Å². The van der Waals surface area contributed by atoms with Gasteiger partial charge in [0.2, 0.25) is 10.0 Å². The molecule has 0 radical (unpaired) electrons.